The first-order valence-corrected chi connectivity index (χ1v) is 7.56. The van der Waals surface area contributed by atoms with Crippen molar-refractivity contribution in [1.29, 1.82) is 0 Å². The van der Waals surface area contributed by atoms with Gasteiger partial charge in [-0.05, 0) is 34.2 Å². The van der Waals surface area contributed by atoms with Crippen molar-refractivity contribution in [2.75, 3.05) is 20.1 Å². The van der Waals surface area contributed by atoms with E-state index in [4.69, 9.17) is 10.5 Å². The van der Waals surface area contributed by atoms with Crippen LogP contribution in [-0.4, -0.2) is 52.6 Å². The van der Waals surface area contributed by atoms with Gasteiger partial charge in [0.25, 0.3) is 0 Å². The van der Waals surface area contributed by atoms with E-state index in [9.17, 15) is 4.79 Å². The Hall–Kier alpha value is -1.60. The SMILES string of the molecule is CN(Cc1cnn(C)c1)C(CN)CCNC(=O)OC(C)(C)C. The molecule has 7 heteroatoms. The lowest BCUT2D eigenvalue weighted by molar-refractivity contribution is 0.0522. The van der Waals surface area contributed by atoms with Crippen LogP contribution in [0.5, 0.6) is 0 Å². The van der Waals surface area contributed by atoms with Crippen LogP contribution in [0.4, 0.5) is 4.79 Å². The zero-order valence-corrected chi connectivity index (χ0v) is 14.3. The monoisotopic (exact) mass is 311 g/mol. The van der Waals surface area contributed by atoms with E-state index in [1.54, 1.807) is 4.68 Å². The molecule has 0 spiro atoms. The highest BCUT2D eigenvalue weighted by atomic mass is 16.6. The van der Waals surface area contributed by atoms with Crippen molar-refractivity contribution in [3.05, 3.63) is 18.0 Å². The summed E-state index contributed by atoms with van der Waals surface area (Å²) in [6, 6.07) is 0.190. The number of aryl methyl sites for hydroxylation is 1. The van der Waals surface area contributed by atoms with Crippen molar-refractivity contribution in [3.63, 3.8) is 0 Å². The topological polar surface area (TPSA) is 85.4 Å². The van der Waals surface area contributed by atoms with E-state index >= 15 is 0 Å². The molecule has 22 heavy (non-hydrogen) atoms. The molecule has 1 aromatic rings. The fourth-order valence-electron chi connectivity index (χ4n) is 2.14. The predicted molar refractivity (Wildman–Crippen MR) is 86.4 cm³/mol. The van der Waals surface area contributed by atoms with Crippen LogP contribution in [-0.2, 0) is 18.3 Å². The van der Waals surface area contributed by atoms with Crippen LogP contribution in [0, 0.1) is 0 Å². The highest BCUT2D eigenvalue weighted by Gasteiger charge is 2.17. The summed E-state index contributed by atoms with van der Waals surface area (Å²) < 4.78 is 6.99. The average Bonchev–Trinajstić information content (AvgIpc) is 2.77. The number of aromatic nitrogens is 2. The number of likely N-dealkylation sites (N-methyl/N-ethyl adjacent to an activating group) is 1. The normalized spacial score (nSPS) is 13.2. The largest absolute Gasteiger partial charge is 0.444 e. The van der Waals surface area contributed by atoms with E-state index in [1.807, 2.05) is 47.3 Å². The van der Waals surface area contributed by atoms with Gasteiger partial charge in [0.2, 0.25) is 0 Å². The Labute approximate surface area is 132 Å². The van der Waals surface area contributed by atoms with Gasteiger partial charge in [-0.3, -0.25) is 9.58 Å². The summed E-state index contributed by atoms with van der Waals surface area (Å²) in [7, 11) is 3.92. The molecule has 7 nitrogen and oxygen atoms in total. The van der Waals surface area contributed by atoms with E-state index in [1.165, 1.54) is 0 Å². The minimum Gasteiger partial charge on any atom is -0.444 e. The Morgan fingerprint density at radius 3 is 2.73 bits per heavy atom. The van der Waals surface area contributed by atoms with Gasteiger partial charge in [0.15, 0.2) is 0 Å². The standard InChI is InChI=1S/C15H29N5O2/c1-15(2,3)22-14(21)17-7-6-13(8-16)19(4)10-12-9-18-20(5)11-12/h9,11,13H,6-8,10,16H2,1-5H3,(H,17,21). The smallest absolute Gasteiger partial charge is 0.407 e. The van der Waals surface area contributed by atoms with E-state index in [0.29, 0.717) is 13.1 Å². The fraction of sp³-hybridized carbons (Fsp3) is 0.733. The molecule has 1 atom stereocenters. The van der Waals surface area contributed by atoms with E-state index < -0.39 is 11.7 Å². The number of nitrogens with two attached hydrogens (primary N) is 1. The second-order valence-corrected chi connectivity index (χ2v) is 6.54. The third-order valence-electron chi connectivity index (χ3n) is 3.23. The number of carbonyl (C=O) groups is 1. The van der Waals surface area contributed by atoms with Gasteiger partial charge in [0.1, 0.15) is 5.60 Å². The summed E-state index contributed by atoms with van der Waals surface area (Å²) in [5.41, 5.74) is 6.51. The molecule has 3 N–H and O–H groups in total. The second kappa shape index (κ2) is 8.14. The second-order valence-electron chi connectivity index (χ2n) is 6.54. The van der Waals surface area contributed by atoms with Crippen LogP contribution in [0.1, 0.15) is 32.8 Å². The zero-order chi connectivity index (χ0) is 16.8. The number of alkyl carbamates (subject to hydrolysis) is 1. The molecule has 1 amide bonds. The van der Waals surface area contributed by atoms with Gasteiger partial charge in [-0.25, -0.2) is 4.79 Å². The molecular formula is C15H29N5O2. The van der Waals surface area contributed by atoms with Crippen LogP contribution in [0.2, 0.25) is 0 Å². The van der Waals surface area contributed by atoms with Crippen LogP contribution in [0.15, 0.2) is 12.4 Å². The third-order valence-corrected chi connectivity index (χ3v) is 3.23. The first-order chi connectivity index (χ1) is 10.2. The quantitative estimate of drug-likeness (QED) is 0.787. The summed E-state index contributed by atoms with van der Waals surface area (Å²) >= 11 is 0. The lowest BCUT2D eigenvalue weighted by Crippen LogP contribution is -2.41. The minimum atomic E-state index is -0.478. The highest BCUT2D eigenvalue weighted by Crippen LogP contribution is 2.08. The van der Waals surface area contributed by atoms with Gasteiger partial charge >= 0.3 is 6.09 Å². The molecule has 0 saturated heterocycles. The maximum absolute atomic E-state index is 11.6. The number of hydrogen-bond acceptors (Lipinski definition) is 5. The van der Waals surface area contributed by atoms with Crippen LogP contribution < -0.4 is 11.1 Å². The first-order valence-electron chi connectivity index (χ1n) is 7.56. The van der Waals surface area contributed by atoms with Crippen LogP contribution >= 0.6 is 0 Å². The molecule has 0 aliphatic heterocycles. The third kappa shape index (κ3) is 6.91. The number of hydrogen-bond donors (Lipinski definition) is 2. The number of amides is 1. The highest BCUT2D eigenvalue weighted by molar-refractivity contribution is 5.67. The van der Waals surface area contributed by atoms with Gasteiger partial charge in [-0.15, -0.1) is 0 Å². The average molecular weight is 311 g/mol. The fourth-order valence-corrected chi connectivity index (χ4v) is 2.14. The summed E-state index contributed by atoms with van der Waals surface area (Å²) in [5.74, 6) is 0. The van der Waals surface area contributed by atoms with Crippen molar-refractivity contribution >= 4 is 6.09 Å². The Bertz CT molecular complexity index is 467. The Balaban J connectivity index is 2.36. The molecule has 0 bridgehead atoms. The molecular weight excluding hydrogens is 282 g/mol. The summed E-state index contributed by atoms with van der Waals surface area (Å²) in [5, 5.41) is 6.93. The van der Waals surface area contributed by atoms with Gasteiger partial charge in [-0.1, -0.05) is 0 Å². The maximum Gasteiger partial charge on any atom is 0.407 e. The Kier molecular flexibility index (Phi) is 6.83. The van der Waals surface area contributed by atoms with Gasteiger partial charge in [0.05, 0.1) is 6.20 Å². The molecule has 0 radical (unpaired) electrons. The lowest BCUT2D eigenvalue weighted by Gasteiger charge is -2.27. The van der Waals surface area contributed by atoms with Crippen LogP contribution in [0.25, 0.3) is 0 Å². The first kappa shape index (κ1) is 18.4. The van der Waals surface area contributed by atoms with Crippen molar-refractivity contribution in [1.82, 2.24) is 20.0 Å². The number of nitrogens with zero attached hydrogens (tertiary/aromatic N) is 3. The Morgan fingerprint density at radius 1 is 1.55 bits per heavy atom. The Morgan fingerprint density at radius 2 is 2.23 bits per heavy atom. The molecule has 126 valence electrons. The maximum atomic E-state index is 11.6. The molecule has 1 unspecified atom stereocenters. The minimum absolute atomic E-state index is 0.190. The molecule has 1 heterocycles. The zero-order valence-electron chi connectivity index (χ0n) is 14.3. The number of rotatable bonds is 7. The van der Waals surface area contributed by atoms with E-state index in [0.717, 1.165) is 18.5 Å². The summed E-state index contributed by atoms with van der Waals surface area (Å²) in [6.45, 7) is 7.38. The van der Waals surface area contributed by atoms with E-state index in [-0.39, 0.29) is 6.04 Å². The molecule has 0 aliphatic rings. The van der Waals surface area contributed by atoms with Crippen molar-refractivity contribution < 1.29 is 9.53 Å². The van der Waals surface area contributed by atoms with Crippen LogP contribution in [0.3, 0.4) is 0 Å². The predicted octanol–water partition coefficient (Wildman–Crippen LogP) is 1.09. The molecule has 0 saturated carbocycles. The molecule has 0 fully saturated rings. The van der Waals surface area contributed by atoms with Crippen molar-refractivity contribution in [2.45, 2.75) is 45.4 Å². The summed E-state index contributed by atoms with van der Waals surface area (Å²) in [4.78, 5) is 13.8. The molecule has 0 aliphatic carbocycles. The number of carbonyl (C=O) groups excluding carboxylic acids is 1. The number of ether oxygens (including phenoxy) is 1. The molecule has 1 aromatic heterocycles. The molecule has 1 rings (SSSR count). The van der Waals surface area contributed by atoms with E-state index in [2.05, 4.69) is 15.3 Å². The van der Waals surface area contributed by atoms with Crippen molar-refractivity contribution in [2.24, 2.45) is 12.8 Å². The van der Waals surface area contributed by atoms with Crippen molar-refractivity contribution in [3.8, 4) is 0 Å². The summed E-state index contributed by atoms with van der Waals surface area (Å²) in [6.07, 6.45) is 4.22. The lowest BCUT2D eigenvalue weighted by atomic mass is 10.1. The number of nitrogens with one attached hydrogen (secondary N) is 1. The molecule has 0 aromatic carbocycles. The van der Waals surface area contributed by atoms with Gasteiger partial charge in [0, 0.05) is 44.5 Å². The van der Waals surface area contributed by atoms with Gasteiger partial charge < -0.3 is 15.8 Å². The van der Waals surface area contributed by atoms with Gasteiger partial charge in [-0.2, -0.15) is 5.10 Å².